The molecule has 0 spiro atoms. The van der Waals surface area contributed by atoms with Crippen molar-refractivity contribution in [2.75, 3.05) is 13.6 Å². The first-order valence-corrected chi connectivity index (χ1v) is 9.03. The number of carbonyl (C=O) groups excluding carboxylic acids is 2. The van der Waals surface area contributed by atoms with Gasteiger partial charge in [-0.1, -0.05) is 30.3 Å². The fraction of sp³-hybridized carbons (Fsp3) is 0.429. The molecule has 0 bridgehead atoms. The summed E-state index contributed by atoms with van der Waals surface area (Å²) in [5, 5.41) is 0. The van der Waals surface area contributed by atoms with Crippen LogP contribution in [0.15, 0.2) is 30.3 Å². The highest BCUT2D eigenvalue weighted by molar-refractivity contribution is 7.57. The van der Waals surface area contributed by atoms with E-state index in [4.69, 9.17) is 15.7 Å². The average molecular weight is 340 g/mol. The number of hydrogen-bond acceptors (Lipinski definition) is 4. The van der Waals surface area contributed by atoms with Crippen molar-refractivity contribution in [2.24, 2.45) is 11.0 Å². The Morgan fingerprint density at radius 2 is 2.04 bits per heavy atom. The first kappa shape index (κ1) is 17.5. The lowest BCUT2D eigenvalue weighted by atomic mass is 10.1. The molecule has 1 aliphatic heterocycles. The van der Waals surface area contributed by atoms with Crippen LogP contribution in [-0.2, 0) is 20.7 Å². The van der Waals surface area contributed by atoms with E-state index in [9.17, 15) is 14.2 Å². The number of hydrogen-bond donors (Lipinski definition) is 2. The summed E-state index contributed by atoms with van der Waals surface area (Å²) in [6.45, 7) is 0.341. The maximum Gasteiger partial charge on any atom is 0.410 e. The zero-order valence-electron chi connectivity index (χ0n) is 12.9. The maximum atomic E-state index is 12.3. The largest absolute Gasteiger partial charge is 0.445 e. The predicted octanol–water partition coefficient (Wildman–Crippen LogP) is 1.27. The van der Waals surface area contributed by atoms with Gasteiger partial charge in [0, 0.05) is 13.6 Å². The molecule has 1 heterocycles. The second-order valence-electron chi connectivity index (χ2n) is 5.44. The Labute approximate surface area is 134 Å². The van der Waals surface area contributed by atoms with Gasteiger partial charge in [-0.05, 0) is 18.4 Å². The summed E-state index contributed by atoms with van der Waals surface area (Å²) < 4.78 is 17.9. The van der Waals surface area contributed by atoms with Crippen LogP contribution in [0.5, 0.6) is 0 Å². The Morgan fingerprint density at radius 3 is 2.65 bits per heavy atom. The molecule has 8 nitrogen and oxygen atoms in total. The molecule has 9 heteroatoms. The third-order valence-electron chi connectivity index (χ3n) is 3.72. The zero-order valence-corrected chi connectivity index (χ0v) is 13.8. The van der Waals surface area contributed by atoms with E-state index in [0.29, 0.717) is 12.8 Å². The lowest BCUT2D eigenvalue weighted by Crippen LogP contribution is -2.53. The number of rotatable bonds is 4. The van der Waals surface area contributed by atoms with Crippen LogP contribution < -0.4 is 11.0 Å². The SMILES string of the molecule is CN(C(=O)OCc1ccccc1)[C@H]1CCCN(P(N)(N)=O)C1=O. The van der Waals surface area contributed by atoms with Crippen molar-refractivity contribution in [3.63, 3.8) is 0 Å². The summed E-state index contributed by atoms with van der Waals surface area (Å²) in [5.74, 6) is -0.510. The van der Waals surface area contributed by atoms with Gasteiger partial charge in [0.2, 0.25) is 0 Å². The predicted molar refractivity (Wildman–Crippen MR) is 85.1 cm³/mol. The van der Waals surface area contributed by atoms with Crippen molar-refractivity contribution in [2.45, 2.75) is 25.5 Å². The minimum Gasteiger partial charge on any atom is -0.445 e. The summed E-state index contributed by atoms with van der Waals surface area (Å²) in [5.41, 5.74) is 11.6. The lowest BCUT2D eigenvalue weighted by Gasteiger charge is -2.37. The Hall–Kier alpha value is -1.89. The second kappa shape index (κ2) is 7.12. The van der Waals surface area contributed by atoms with Gasteiger partial charge in [0.05, 0.1) is 0 Å². The minimum absolute atomic E-state index is 0.112. The first-order valence-electron chi connectivity index (χ1n) is 7.23. The van der Waals surface area contributed by atoms with Gasteiger partial charge in [-0.15, -0.1) is 0 Å². The Bertz CT molecular complexity index is 618. The smallest absolute Gasteiger partial charge is 0.410 e. The van der Waals surface area contributed by atoms with E-state index in [0.717, 1.165) is 10.2 Å². The monoisotopic (exact) mass is 340 g/mol. The van der Waals surface area contributed by atoms with Crippen molar-refractivity contribution in [3.8, 4) is 0 Å². The lowest BCUT2D eigenvalue weighted by molar-refractivity contribution is -0.133. The van der Waals surface area contributed by atoms with Crippen molar-refractivity contribution in [1.29, 1.82) is 0 Å². The standard InChI is InChI=1S/C14H21N4O4P/c1-17(14(20)22-10-11-6-3-2-4-7-11)12-8-5-9-18(13(12)19)23(15,16)21/h2-4,6-7,12H,5,8-10H2,1H3,(H4,15,16,21)/t12-/m0/s1. The van der Waals surface area contributed by atoms with Crippen LogP contribution in [0.3, 0.4) is 0 Å². The Balaban J connectivity index is 1.98. The van der Waals surface area contributed by atoms with E-state index in [2.05, 4.69) is 0 Å². The van der Waals surface area contributed by atoms with Crippen LogP contribution in [-0.4, -0.2) is 41.2 Å². The number of amides is 2. The van der Waals surface area contributed by atoms with Crippen LogP contribution in [0.2, 0.25) is 0 Å². The molecule has 0 aliphatic carbocycles. The van der Waals surface area contributed by atoms with E-state index < -0.39 is 25.6 Å². The fourth-order valence-electron chi connectivity index (χ4n) is 2.46. The molecule has 4 N–H and O–H groups in total. The van der Waals surface area contributed by atoms with Crippen molar-refractivity contribution >= 4 is 19.6 Å². The molecule has 126 valence electrons. The number of nitrogens with two attached hydrogens (primary N) is 2. The third-order valence-corrected chi connectivity index (χ3v) is 4.88. The first-order chi connectivity index (χ1) is 10.8. The van der Waals surface area contributed by atoms with Crippen molar-refractivity contribution in [1.82, 2.24) is 9.57 Å². The molecule has 2 amide bonds. The minimum atomic E-state index is -3.66. The van der Waals surface area contributed by atoms with Gasteiger partial charge >= 0.3 is 13.7 Å². The number of carbonyl (C=O) groups is 2. The Kier molecular flexibility index (Phi) is 5.41. The van der Waals surface area contributed by atoms with Gasteiger partial charge in [-0.25, -0.2) is 4.79 Å². The van der Waals surface area contributed by atoms with Crippen molar-refractivity contribution in [3.05, 3.63) is 35.9 Å². The molecule has 1 aliphatic rings. The summed E-state index contributed by atoms with van der Waals surface area (Å²) in [6, 6.07) is 8.45. The number of piperidine rings is 1. The summed E-state index contributed by atoms with van der Waals surface area (Å²) in [7, 11) is -2.19. The average Bonchev–Trinajstić information content (AvgIpc) is 2.52. The van der Waals surface area contributed by atoms with Gasteiger partial charge in [0.15, 0.2) is 0 Å². The summed E-state index contributed by atoms with van der Waals surface area (Å²) in [4.78, 5) is 25.7. The highest BCUT2D eigenvalue weighted by Gasteiger charge is 2.39. The van der Waals surface area contributed by atoms with Crippen molar-refractivity contribution < 1.29 is 18.9 Å². The zero-order chi connectivity index (χ0) is 17.0. The van der Waals surface area contributed by atoms with Gasteiger partial charge in [-0.2, -0.15) is 0 Å². The number of likely N-dealkylation sites (N-methyl/N-ethyl adjacent to an activating group) is 1. The van der Waals surface area contributed by atoms with Gasteiger partial charge < -0.3 is 4.74 Å². The van der Waals surface area contributed by atoms with E-state index in [-0.39, 0.29) is 13.2 Å². The molecule has 23 heavy (non-hydrogen) atoms. The molecule has 0 saturated carbocycles. The fourth-order valence-corrected chi connectivity index (χ4v) is 3.35. The third kappa shape index (κ3) is 4.31. The number of benzene rings is 1. The topological polar surface area (TPSA) is 119 Å². The highest BCUT2D eigenvalue weighted by atomic mass is 31.2. The van der Waals surface area contributed by atoms with Crippen LogP contribution in [0.25, 0.3) is 0 Å². The summed E-state index contributed by atoms with van der Waals surface area (Å²) >= 11 is 0. The molecular formula is C14H21N4O4P. The number of nitrogens with zero attached hydrogens (tertiary/aromatic N) is 2. The molecule has 1 aromatic carbocycles. The molecule has 0 aromatic heterocycles. The van der Waals surface area contributed by atoms with Gasteiger partial charge in [-0.3, -0.25) is 29.9 Å². The normalized spacial score (nSPS) is 18.7. The maximum absolute atomic E-state index is 12.3. The van der Waals surface area contributed by atoms with E-state index in [1.807, 2.05) is 30.3 Å². The molecule has 1 aromatic rings. The van der Waals surface area contributed by atoms with Crippen LogP contribution in [0, 0.1) is 0 Å². The van der Waals surface area contributed by atoms with Crippen LogP contribution in [0.4, 0.5) is 4.79 Å². The molecule has 0 unspecified atom stereocenters. The second-order valence-corrected chi connectivity index (χ2v) is 7.27. The highest BCUT2D eigenvalue weighted by Crippen LogP contribution is 2.36. The van der Waals surface area contributed by atoms with E-state index in [1.165, 1.54) is 11.9 Å². The van der Waals surface area contributed by atoms with Gasteiger partial charge in [0.1, 0.15) is 12.6 Å². The quantitative estimate of drug-likeness (QED) is 0.797. The van der Waals surface area contributed by atoms with Crippen LogP contribution >= 0.6 is 7.59 Å². The molecule has 1 fully saturated rings. The van der Waals surface area contributed by atoms with E-state index >= 15 is 0 Å². The molecule has 2 rings (SSSR count). The van der Waals surface area contributed by atoms with E-state index in [1.54, 1.807) is 0 Å². The van der Waals surface area contributed by atoms with Crippen LogP contribution in [0.1, 0.15) is 18.4 Å². The van der Waals surface area contributed by atoms with Gasteiger partial charge in [0.25, 0.3) is 5.91 Å². The Morgan fingerprint density at radius 1 is 1.39 bits per heavy atom. The number of ether oxygens (including phenoxy) is 1. The molecule has 1 saturated heterocycles. The molecule has 0 radical (unpaired) electrons. The summed E-state index contributed by atoms with van der Waals surface area (Å²) in [6.07, 6.45) is 0.384. The molecule has 1 atom stereocenters. The molecular weight excluding hydrogens is 319 g/mol.